The summed E-state index contributed by atoms with van der Waals surface area (Å²) in [5, 5.41) is 5.10. The van der Waals surface area contributed by atoms with Crippen LogP contribution in [0.3, 0.4) is 0 Å². The summed E-state index contributed by atoms with van der Waals surface area (Å²) in [4.78, 5) is 5.11. The molecule has 3 nitrogen and oxygen atoms in total. The molecule has 2 aromatic heterocycles. The lowest BCUT2D eigenvalue weighted by Crippen LogP contribution is -2.12. The minimum Gasteiger partial charge on any atom is -0.309 e. The summed E-state index contributed by atoms with van der Waals surface area (Å²) in [5.74, 6) is 0.0601. The molecule has 0 bridgehead atoms. The van der Waals surface area contributed by atoms with E-state index in [2.05, 4.69) is 181 Å². The molecule has 9 rings (SSSR count). The lowest BCUT2D eigenvalue weighted by Gasteiger charge is -2.20. The van der Waals surface area contributed by atoms with Gasteiger partial charge in [-0.2, -0.15) is 0 Å². The van der Waals surface area contributed by atoms with Gasteiger partial charge in [-0.05, 0) is 91.7 Å². The van der Waals surface area contributed by atoms with Crippen molar-refractivity contribution in [2.24, 2.45) is 4.99 Å². The molecule has 0 radical (unpaired) electrons. The highest BCUT2D eigenvalue weighted by molar-refractivity contribution is 6.28. The molecule has 1 atom stereocenters. The van der Waals surface area contributed by atoms with Crippen molar-refractivity contribution in [3.63, 3.8) is 0 Å². The molecule has 2 heterocycles. The SMILES string of the molecule is Cc1ccc(N=C2C=CC=CC2c2cc(-n3c4ccccc4c4c5c6ccccc6n(-c6ccccc6)c5ccc43)ccc2C)cc1. The van der Waals surface area contributed by atoms with Crippen LogP contribution in [-0.2, 0) is 0 Å². The topological polar surface area (TPSA) is 22.2 Å². The van der Waals surface area contributed by atoms with Gasteiger partial charge in [0.15, 0.2) is 0 Å². The number of fused-ring (bicyclic) bond motifs is 7. The van der Waals surface area contributed by atoms with E-state index in [1.54, 1.807) is 0 Å². The Bertz CT molecular complexity index is 2570. The van der Waals surface area contributed by atoms with Crippen molar-refractivity contribution in [2.75, 3.05) is 0 Å². The summed E-state index contributed by atoms with van der Waals surface area (Å²) >= 11 is 0. The van der Waals surface area contributed by atoms with Gasteiger partial charge in [-0.15, -0.1) is 0 Å². The summed E-state index contributed by atoms with van der Waals surface area (Å²) in [5.41, 5.74) is 12.9. The molecule has 8 aromatic rings. The van der Waals surface area contributed by atoms with Crippen LogP contribution in [0.25, 0.3) is 55.0 Å². The van der Waals surface area contributed by atoms with Gasteiger partial charge in [0.05, 0.1) is 33.5 Å². The van der Waals surface area contributed by atoms with Crippen LogP contribution in [-0.4, -0.2) is 14.8 Å². The molecule has 0 aliphatic heterocycles. The first kappa shape index (κ1) is 27.4. The fourth-order valence-corrected chi connectivity index (χ4v) is 7.42. The molecular formula is C44H33N3. The quantitative estimate of drug-likeness (QED) is 0.191. The van der Waals surface area contributed by atoms with Crippen LogP contribution in [0.4, 0.5) is 5.69 Å². The van der Waals surface area contributed by atoms with E-state index in [1.165, 1.54) is 66.0 Å². The highest BCUT2D eigenvalue weighted by Crippen LogP contribution is 2.42. The molecule has 47 heavy (non-hydrogen) atoms. The van der Waals surface area contributed by atoms with Crippen LogP contribution < -0.4 is 0 Å². The van der Waals surface area contributed by atoms with Crippen LogP contribution in [0, 0.1) is 13.8 Å². The van der Waals surface area contributed by atoms with E-state index < -0.39 is 0 Å². The van der Waals surface area contributed by atoms with Gasteiger partial charge in [0.1, 0.15) is 0 Å². The van der Waals surface area contributed by atoms with E-state index in [0.29, 0.717) is 0 Å². The zero-order valence-corrected chi connectivity index (χ0v) is 26.4. The van der Waals surface area contributed by atoms with Gasteiger partial charge in [0, 0.05) is 38.8 Å². The Hall–Kier alpha value is -5.93. The van der Waals surface area contributed by atoms with E-state index >= 15 is 0 Å². The van der Waals surface area contributed by atoms with Crippen LogP contribution in [0.15, 0.2) is 163 Å². The maximum absolute atomic E-state index is 5.11. The lowest BCUT2D eigenvalue weighted by molar-refractivity contribution is 1.08. The second kappa shape index (κ2) is 10.9. The summed E-state index contributed by atoms with van der Waals surface area (Å²) in [6, 6.07) is 48.3. The molecule has 0 spiro atoms. The number of nitrogens with zero attached hydrogens (tertiary/aromatic N) is 3. The highest BCUT2D eigenvalue weighted by atomic mass is 15.0. The highest BCUT2D eigenvalue weighted by Gasteiger charge is 2.22. The number of benzene rings is 6. The molecule has 6 aromatic carbocycles. The summed E-state index contributed by atoms with van der Waals surface area (Å²) in [6.45, 7) is 4.32. The molecule has 0 fully saturated rings. The van der Waals surface area contributed by atoms with Gasteiger partial charge in [-0.25, -0.2) is 0 Å². The largest absolute Gasteiger partial charge is 0.309 e. The smallest absolute Gasteiger partial charge is 0.0633 e. The number of rotatable bonds is 4. The van der Waals surface area contributed by atoms with Crippen LogP contribution in [0.2, 0.25) is 0 Å². The average Bonchev–Trinajstić information content (AvgIpc) is 3.63. The van der Waals surface area contributed by atoms with Gasteiger partial charge in [0.25, 0.3) is 0 Å². The Morgan fingerprint density at radius 3 is 1.83 bits per heavy atom. The molecule has 0 N–H and O–H groups in total. The van der Waals surface area contributed by atoms with Crippen molar-refractivity contribution < 1.29 is 0 Å². The summed E-state index contributed by atoms with van der Waals surface area (Å²) in [6.07, 6.45) is 8.65. The Balaban J connectivity index is 1.29. The van der Waals surface area contributed by atoms with Crippen molar-refractivity contribution in [3.8, 4) is 11.4 Å². The number of aryl methyl sites for hydroxylation is 2. The Morgan fingerprint density at radius 1 is 0.532 bits per heavy atom. The predicted octanol–water partition coefficient (Wildman–Crippen LogP) is 11.5. The minimum absolute atomic E-state index is 0.0601. The molecule has 0 saturated heterocycles. The second-order valence-electron chi connectivity index (χ2n) is 12.5. The monoisotopic (exact) mass is 603 g/mol. The first-order valence-electron chi connectivity index (χ1n) is 16.3. The third-order valence-corrected chi connectivity index (χ3v) is 9.63. The Kier molecular flexibility index (Phi) is 6.32. The molecule has 0 saturated carbocycles. The van der Waals surface area contributed by atoms with Crippen LogP contribution >= 0.6 is 0 Å². The van der Waals surface area contributed by atoms with Crippen molar-refractivity contribution in [3.05, 3.63) is 174 Å². The van der Waals surface area contributed by atoms with E-state index in [4.69, 9.17) is 4.99 Å². The number of hydrogen-bond acceptors (Lipinski definition) is 1. The van der Waals surface area contributed by atoms with E-state index in [1.807, 2.05) is 0 Å². The van der Waals surface area contributed by atoms with E-state index in [0.717, 1.165) is 17.1 Å². The molecular weight excluding hydrogens is 571 g/mol. The maximum atomic E-state index is 5.11. The predicted molar refractivity (Wildman–Crippen MR) is 199 cm³/mol. The number of hydrogen-bond donors (Lipinski definition) is 0. The van der Waals surface area contributed by atoms with Gasteiger partial charge < -0.3 is 9.13 Å². The molecule has 1 aliphatic carbocycles. The molecule has 1 unspecified atom stereocenters. The van der Waals surface area contributed by atoms with Crippen molar-refractivity contribution in [1.29, 1.82) is 0 Å². The Labute approximate surface area is 274 Å². The summed E-state index contributed by atoms with van der Waals surface area (Å²) in [7, 11) is 0. The van der Waals surface area contributed by atoms with Crippen molar-refractivity contribution >= 4 is 55.0 Å². The standard InChI is InChI=1S/C44H33N3/c1-29-20-23-31(24-21-29)45-38-17-9-6-14-34(38)37-28-33(25-22-30(37)2)47-40-19-11-8-16-36(40)44-42(47)27-26-41-43(44)35-15-7-10-18-39(35)46(41)32-12-4-3-5-13-32/h3-28,34H,1-2H3. The Morgan fingerprint density at radius 2 is 1.15 bits per heavy atom. The third-order valence-electron chi connectivity index (χ3n) is 9.63. The van der Waals surface area contributed by atoms with E-state index in [9.17, 15) is 0 Å². The first-order valence-corrected chi connectivity index (χ1v) is 16.3. The second-order valence-corrected chi connectivity index (χ2v) is 12.5. The van der Waals surface area contributed by atoms with Crippen molar-refractivity contribution in [1.82, 2.24) is 9.13 Å². The zero-order valence-electron chi connectivity index (χ0n) is 26.4. The van der Waals surface area contributed by atoms with Gasteiger partial charge in [0.2, 0.25) is 0 Å². The average molecular weight is 604 g/mol. The van der Waals surface area contributed by atoms with Gasteiger partial charge in [-0.3, -0.25) is 4.99 Å². The number of aromatic nitrogens is 2. The van der Waals surface area contributed by atoms with Gasteiger partial charge >= 0.3 is 0 Å². The normalized spacial score (nSPS) is 15.5. The number of aliphatic imine (C=N–C) groups is 1. The summed E-state index contributed by atoms with van der Waals surface area (Å²) < 4.78 is 4.85. The maximum Gasteiger partial charge on any atom is 0.0633 e. The fourth-order valence-electron chi connectivity index (χ4n) is 7.42. The first-order chi connectivity index (χ1) is 23.2. The van der Waals surface area contributed by atoms with Crippen LogP contribution in [0.1, 0.15) is 22.6 Å². The lowest BCUT2D eigenvalue weighted by atomic mass is 9.87. The molecule has 1 aliphatic rings. The minimum atomic E-state index is 0.0601. The van der Waals surface area contributed by atoms with E-state index in [-0.39, 0.29) is 5.92 Å². The van der Waals surface area contributed by atoms with Gasteiger partial charge in [-0.1, -0.05) is 96.6 Å². The molecule has 3 heteroatoms. The molecule has 224 valence electrons. The van der Waals surface area contributed by atoms with Crippen LogP contribution in [0.5, 0.6) is 0 Å². The molecule has 0 amide bonds. The number of para-hydroxylation sites is 3. The third kappa shape index (κ3) is 4.39. The zero-order chi connectivity index (χ0) is 31.5. The fraction of sp³-hybridized carbons (Fsp3) is 0.0682. The number of allylic oxidation sites excluding steroid dienone is 4. The van der Waals surface area contributed by atoms with Crippen molar-refractivity contribution in [2.45, 2.75) is 19.8 Å².